The number of nitrogens with zero attached hydrogens (tertiary/aromatic N) is 2. The second kappa shape index (κ2) is 7.75. The van der Waals surface area contributed by atoms with Gasteiger partial charge in [-0.25, -0.2) is 0 Å². The third-order valence-corrected chi connectivity index (χ3v) is 3.93. The predicted octanol–water partition coefficient (Wildman–Crippen LogP) is 3.70. The van der Waals surface area contributed by atoms with E-state index in [1.54, 1.807) is 0 Å². The van der Waals surface area contributed by atoms with Crippen molar-refractivity contribution in [1.82, 2.24) is 15.2 Å². The molecule has 0 fully saturated rings. The molecule has 1 heterocycles. The molecule has 3 rings (SSSR count). The lowest BCUT2D eigenvalue weighted by Crippen LogP contribution is -1.93. The van der Waals surface area contributed by atoms with Crippen LogP contribution in [0.2, 0.25) is 0 Å². The first-order valence-electron chi connectivity index (χ1n) is 8.27. The Labute approximate surface area is 141 Å². The minimum absolute atomic E-state index is 0.206. The molecule has 0 atom stereocenters. The van der Waals surface area contributed by atoms with Gasteiger partial charge >= 0.3 is 0 Å². The van der Waals surface area contributed by atoms with Gasteiger partial charge in [0.1, 0.15) is 0 Å². The molecule has 0 radical (unpaired) electrons. The van der Waals surface area contributed by atoms with E-state index in [9.17, 15) is 0 Å². The smallest absolute Gasteiger partial charge is 0.246 e. The maximum Gasteiger partial charge on any atom is 0.246 e. The van der Waals surface area contributed by atoms with E-state index < -0.39 is 0 Å². The summed E-state index contributed by atoms with van der Waals surface area (Å²) in [7, 11) is 0. The van der Waals surface area contributed by atoms with Crippen LogP contribution in [0.5, 0.6) is 0 Å². The first-order valence-corrected chi connectivity index (χ1v) is 8.27. The van der Waals surface area contributed by atoms with Crippen molar-refractivity contribution in [3.8, 4) is 11.4 Å². The van der Waals surface area contributed by atoms with E-state index in [0.717, 1.165) is 36.3 Å². The molecule has 0 spiro atoms. The number of hydrogen-bond donors (Lipinski definition) is 3. The molecule has 2 aromatic carbocycles. The highest BCUT2D eigenvalue weighted by Crippen LogP contribution is 2.20. The number of aliphatic hydroxyl groups is 1. The van der Waals surface area contributed by atoms with Crippen LogP contribution in [0.1, 0.15) is 24.5 Å². The van der Waals surface area contributed by atoms with Gasteiger partial charge in [-0.3, -0.25) is 5.10 Å². The molecule has 3 aromatic rings. The fraction of sp³-hybridized carbons (Fsp3) is 0.263. The fourth-order valence-corrected chi connectivity index (χ4v) is 2.56. The van der Waals surface area contributed by atoms with Crippen molar-refractivity contribution in [1.29, 1.82) is 0 Å². The number of aryl methyl sites for hydroxylation is 2. The van der Waals surface area contributed by atoms with Gasteiger partial charge in [0.15, 0.2) is 5.82 Å². The van der Waals surface area contributed by atoms with Gasteiger partial charge in [-0.05, 0) is 48.6 Å². The highest BCUT2D eigenvalue weighted by atomic mass is 16.2. The van der Waals surface area contributed by atoms with Crippen LogP contribution >= 0.6 is 0 Å². The first-order chi connectivity index (χ1) is 11.8. The van der Waals surface area contributed by atoms with E-state index in [4.69, 9.17) is 5.11 Å². The Bertz CT molecular complexity index is 780. The van der Waals surface area contributed by atoms with Gasteiger partial charge in [0.05, 0.1) is 0 Å². The van der Waals surface area contributed by atoms with Gasteiger partial charge in [0.25, 0.3) is 0 Å². The van der Waals surface area contributed by atoms with Crippen LogP contribution in [0, 0.1) is 0 Å². The molecule has 5 heteroatoms. The SMILES string of the molecule is CCc1ccc(Nc2n[nH]c(-c3cccc(CCCO)c3)n2)cc1. The van der Waals surface area contributed by atoms with Crippen LogP contribution in [0.3, 0.4) is 0 Å². The number of aliphatic hydroxyl groups excluding tert-OH is 1. The fourth-order valence-electron chi connectivity index (χ4n) is 2.56. The standard InChI is InChI=1S/C19H22N4O/c1-2-14-8-10-17(11-9-14)20-19-21-18(22-23-19)16-7-3-5-15(13-16)6-4-12-24/h3,5,7-11,13,24H,2,4,6,12H2,1H3,(H2,20,21,22,23). The van der Waals surface area contributed by atoms with Gasteiger partial charge in [-0.2, -0.15) is 4.98 Å². The molecule has 1 aromatic heterocycles. The molecule has 124 valence electrons. The summed E-state index contributed by atoms with van der Waals surface area (Å²) < 4.78 is 0. The lowest BCUT2D eigenvalue weighted by atomic mass is 10.1. The third kappa shape index (κ3) is 4.00. The Kier molecular flexibility index (Phi) is 5.23. The second-order valence-corrected chi connectivity index (χ2v) is 5.71. The van der Waals surface area contributed by atoms with Gasteiger partial charge in [0, 0.05) is 17.9 Å². The third-order valence-electron chi connectivity index (χ3n) is 3.93. The Balaban J connectivity index is 1.72. The maximum atomic E-state index is 8.95. The number of H-pyrrole nitrogens is 1. The maximum absolute atomic E-state index is 8.95. The van der Waals surface area contributed by atoms with Crippen LogP contribution in [-0.4, -0.2) is 26.9 Å². The first kappa shape index (κ1) is 16.2. The summed E-state index contributed by atoms with van der Waals surface area (Å²) in [6.07, 6.45) is 2.64. The molecule has 0 amide bonds. The zero-order valence-electron chi connectivity index (χ0n) is 13.8. The Morgan fingerprint density at radius 3 is 2.67 bits per heavy atom. The molecule has 5 nitrogen and oxygen atoms in total. The molecule has 0 aliphatic carbocycles. The average Bonchev–Trinajstić information content (AvgIpc) is 3.09. The molecular weight excluding hydrogens is 300 g/mol. The van der Waals surface area contributed by atoms with Crippen molar-refractivity contribution in [2.75, 3.05) is 11.9 Å². The molecular formula is C19H22N4O. The zero-order valence-corrected chi connectivity index (χ0v) is 13.8. The minimum atomic E-state index is 0.206. The lowest BCUT2D eigenvalue weighted by molar-refractivity contribution is 0.288. The van der Waals surface area contributed by atoms with E-state index in [1.165, 1.54) is 11.1 Å². The molecule has 0 unspecified atom stereocenters. The second-order valence-electron chi connectivity index (χ2n) is 5.71. The van der Waals surface area contributed by atoms with Crippen LogP contribution < -0.4 is 5.32 Å². The molecule has 0 saturated heterocycles. The Hall–Kier alpha value is -2.66. The van der Waals surface area contributed by atoms with Crippen molar-refractivity contribution in [2.24, 2.45) is 0 Å². The molecule has 0 saturated carbocycles. The molecule has 24 heavy (non-hydrogen) atoms. The highest BCUT2D eigenvalue weighted by molar-refractivity contribution is 5.60. The summed E-state index contributed by atoms with van der Waals surface area (Å²) in [5.74, 6) is 1.28. The van der Waals surface area contributed by atoms with Crippen molar-refractivity contribution in [2.45, 2.75) is 26.2 Å². The Morgan fingerprint density at radius 2 is 1.92 bits per heavy atom. The van der Waals surface area contributed by atoms with Crippen molar-refractivity contribution in [3.05, 3.63) is 59.7 Å². The molecule has 0 bridgehead atoms. The topological polar surface area (TPSA) is 73.8 Å². The normalized spacial score (nSPS) is 10.8. The van der Waals surface area contributed by atoms with Gasteiger partial charge in [-0.1, -0.05) is 37.3 Å². The molecule has 3 N–H and O–H groups in total. The zero-order chi connectivity index (χ0) is 16.8. The largest absolute Gasteiger partial charge is 0.396 e. The van der Waals surface area contributed by atoms with Crippen molar-refractivity contribution < 1.29 is 5.11 Å². The molecule has 0 aliphatic heterocycles. The summed E-state index contributed by atoms with van der Waals surface area (Å²) in [5.41, 5.74) is 4.44. The average molecular weight is 322 g/mol. The summed E-state index contributed by atoms with van der Waals surface area (Å²) in [4.78, 5) is 4.51. The highest BCUT2D eigenvalue weighted by Gasteiger charge is 2.07. The molecule has 0 aliphatic rings. The number of hydrogen-bond acceptors (Lipinski definition) is 4. The van der Waals surface area contributed by atoms with Gasteiger partial charge in [-0.15, -0.1) is 5.10 Å². The number of anilines is 2. The summed E-state index contributed by atoms with van der Waals surface area (Å²) in [6.45, 7) is 2.34. The summed E-state index contributed by atoms with van der Waals surface area (Å²) in [6, 6.07) is 16.4. The number of benzene rings is 2. The van der Waals surface area contributed by atoms with Crippen LogP contribution in [-0.2, 0) is 12.8 Å². The summed E-state index contributed by atoms with van der Waals surface area (Å²) in [5, 5.41) is 19.4. The van der Waals surface area contributed by atoms with Crippen LogP contribution in [0.15, 0.2) is 48.5 Å². The number of aromatic amines is 1. The number of nitrogens with one attached hydrogen (secondary N) is 2. The van der Waals surface area contributed by atoms with E-state index in [0.29, 0.717) is 5.95 Å². The van der Waals surface area contributed by atoms with Crippen LogP contribution in [0.25, 0.3) is 11.4 Å². The van der Waals surface area contributed by atoms with Crippen molar-refractivity contribution in [3.63, 3.8) is 0 Å². The summed E-state index contributed by atoms with van der Waals surface area (Å²) >= 11 is 0. The van der Waals surface area contributed by atoms with Gasteiger partial charge < -0.3 is 10.4 Å². The lowest BCUT2D eigenvalue weighted by Gasteiger charge is -2.03. The number of aromatic nitrogens is 3. The van der Waals surface area contributed by atoms with E-state index >= 15 is 0 Å². The predicted molar refractivity (Wildman–Crippen MR) is 96.3 cm³/mol. The van der Waals surface area contributed by atoms with Crippen LogP contribution in [0.4, 0.5) is 11.6 Å². The van der Waals surface area contributed by atoms with Gasteiger partial charge in [0.2, 0.25) is 5.95 Å². The van der Waals surface area contributed by atoms with E-state index in [-0.39, 0.29) is 6.61 Å². The monoisotopic (exact) mass is 322 g/mol. The Morgan fingerprint density at radius 1 is 1.08 bits per heavy atom. The quantitative estimate of drug-likeness (QED) is 0.620. The minimum Gasteiger partial charge on any atom is -0.396 e. The van der Waals surface area contributed by atoms with E-state index in [1.807, 2.05) is 24.3 Å². The van der Waals surface area contributed by atoms with E-state index in [2.05, 4.69) is 51.7 Å². The van der Waals surface area contributed by atoms with Crippen molar-refractivity contribution >= 4 is 11.6 Å². The number of rotatable bonds is 7.